The molecule has 3 N–H and O–H groups in total. The van der Waals surface area contributed by atoms with Crippen LogP contribution < -0.4 is 20.5 Å². The molecule has 0 saturated heterocycles. The van der Waals surface area contributed by atoms with Gasteiger partial charge in [0.25, 0.3) is 5.91 Å². The first-order valence-corrected chi connectivity index (χ1v) is 5.67. The molecule has 0 fully saturated rings. The molecular weight excluding hydrogens is 290 g/mol. The number of hydrogen-bond acceptors (Lipinski definition) is 5. The first kappa shape index (κ1) is 10.4. The number of nitrogens with zero attached hydrogens (tertiary/aromatic N) is 1. The van der Waals surface area contributed by atoms with Crippen LogP contribution in [-0.2, 0) is 4.79 Å². The summed E-state index contributed by atoms with van der Waals surface area (Å²) in [6.45, 7) is 0.180. The predicted octanol–water partition coefficient (Wildman–Crippen LogP) is 0.663. The minimum Gasteiger partial charge on any atom is -0.454 e. The zero-order chi connectivity index (χ0) is 12.0. The van der Waals surface area contributed by atoms with Gasteiger partial charge in [-0.05, 0) is 33.6 Å². The second kappa shape index (κ2) is 3.63. The van der Waals surface area contributed by atoms with E-state index >= 15 is 0 Å². The standard InChI is InChI=1S/C10H8BrN3O3/c11-5-1-4(2-6-8(5)17-3-16-6)7-9(15)14-10(12)13-7/h1-2,7H,3H2,(H3,12,13,14,15). The van der Waals surface area contributed by atoms with Crippen LogP contribution in [0, 0.1) is 0 Å². The Morgan fingerprint density at radius 3 is 3.00 bits per heavy atom. The van der Waals surface area contributed by atoms with Crippen molar-refractivity contribution < 1.29 is 14.3 Å². The average molecular weight is 298 g/mol. The fourth-order valence-electron chi connectivity index (χ4n) is 1.80. The van der Waals surface area contributed by atoms with E-state index in [-0.39, 0.29) is 18.7 Å². The van der Waals surface area contributed by atoms with E-state index in [4.69, 9.17) is 15.2 Å². The fraction of sp³-hybridized carbons (Fsp3) is 0.200. The van der Waals surface area contributed by atoms with Crippen molar-refractivity contribution in [3.8, 4) is 11.5 Å². The maximum atomic E-state index is 11.6. The molecule has 1 atom stereocenters. The van der Waals surface area contributed by atoms with Gasteiger partial charge in [0.1, 0.15) is 0 Å². The fourth-order valence-corrected chi connectivity index (χ4v) is 2.37. The van der Waals surface area contributed by atoms with Crippen LogP contribution >= 0.6 is 15.9 Å². The Morgan fingerprint density at radius 1 is 1.47 bits per heavy atom. The van der Waals surface area contributed by atoms with Gasteiger partial charge >= 0.3 is 0 Å². The molecule has 88 valence electrons. The number of amides is 1. The monoisotopic (exact) mass is 297 g/mol. The van der Waals surface area contributed by atoms with Crippen molar-refractivity contribution in [2.45, 2.75) is 6.04 Å². The summed E-state index contributed by atoms with van der Waals surface area (Å²) in [4.78, 5) is 15.6. The Balaban J connectivity index is 2.05. The molecule has 1 amide bonds. The summed E-state index contributed by atoms with van der Waals surface area (Å²) < 4.78 is 11.3. The maximum Gasteiger partial charge on any atom is 0.256 e. The number of guanidine groups is 1. The first-order valence-electron chi connectivity index (χ1n) is 4.88. The third-order valence-corrected chi connectivity index (χ3v) is 3.12. The minimum absolute atomic E-state index is 0.133. The van der Waals surface area contributed by atoms with Crippen LogP contribution in [0.15, 0.2) is 21.6 Å². The number of rotatable bonds is 1. The molecule has 0 saturated carbocycles. The number of nitrogens with one attached hydrogen (secondary N) is 1. The van der Waals surface area contributed by atoms with Crippen LogP contribution in [0.2, 0.25) is 0 Å². The normalized spacial score (nSPS) is 21.4. The number of carbonyl (C=O) groups excluding carboxylic acids is 1. The summed E-state index contributed by atoms with van der Waals surface area (Å²) in [6.07, 6.45) is 0. The van der Waals surface area contributed by atoms with Crippen LogP contribution in [0.1, 0.15) is 11.6 Å². The largest absolute Gasteiger partial charge is 0.454 e. The number of hydrogen-bond donors (Lipinski definition) is 2. The van der Waals surface area contributed by atoms with Crippen molar-refractivity contribution in [3.63, 3.8) is 0 Å². The molecule has 3 rings (SSSR count). The van der Waals surface area contributed by atoms with Gasteiger partial charge in [0.15, 0.2) is 23.5 Å². The molecule has 1 aromatic carbocycles. The summed E-state index contributed by atoms with van der Waals surface area (Å²) in [5.74, 6) is 1.13. The Bertz CT molecular complexity index is 544. The third kappa shape index (κ3) is 1.62. The molecule has 0 radical (unpaired) electrons. The van der Waals surface area contributed by atoms with Crippen LogP contribution in [0.5, 0.6) is 11.5 Å². The highest BCUT2D eigenvalue weighted by Gasteiger charge is 2.29. The van der Waals surface area contributed by atoms with Crippen LogP contribution in [0.4, 0.5) is 0 Å². The Morgan fingerprint density at radius 2 is 2.29 bits per heavy atom. The number of aliphatic imine (C=N–C) groups is 1. The molecule has 2 aliphatic heterocycles. The first-order chi connectivity index (χ1) is 8.15. The maximum absolute atomic E-state index is 11.6. The lowest BCUT2D eigenvalue weighted by atomic mass is 10.1. The Labute approximate surface area is 105 Å². The lowest BCUT2D eigenvalue weighted by Crippen LogP contribution is -2.31. The second-order valence-electron chi connectivity index (χ2n) is 3.64. The highest BCUT2D eigenvalue weighted by atomic mass is 79.9. The molecule has 6 nitrogen and oxygen atoms in total. The van der Waals surface area contributed by atoms with Crippen LogP contribution in [0.25, 0.3) is 0 Å². The van der Waals surface area contributed by atoms with E-state index in [1.54, 1.807) is 12.1 Å². The summed E-state index contributed by atoms with van der Waals surface area (Å²) in [5.41, 5.74) is 6.16. The van der Waals surface area contributed by atoms with Gasteiger partial charge in [-0.15, -0.1) is 0 Å². The van der Waals surface area contributed by atoms with Crippen LogP contribution in [-0.4, -0.2) is 18.7 Å². The predicted molar refractivity (Wildman–Crippen MR) is 62.8 cm³/mol. The lowest BCUT2D eigenvalue weighted by Gasteiger charge is -2.07. The molecule has 1 aromatic rings. The van der Waals surface area contributed by atoms with Gasteiger partial charge in [0.2, 0.25) is 6.79 Å². The molecule has 2 aliphatic rings. The summed E-state index contributed by atoms with van der Waals surface area (Å²) in [5, 5.41) is 2.45. The number of carbonyl (C=O) groups is 1. The van der Waals surface area contributed by atoms with Crippen molar-refractivity contribution in [1.82, 2.24) is 5.32 Å². The average Bonchev–Trinajstić information content (AvgIpc) is 2.84. The van der Waals surface area contributed by atoms with E-state index in [2.05, 4.69) is 26.2 Å². The number of halogens is 1. The van der Waals surface area contributed by atoms with E-state index in [0.29, 0.717) is 17.1 Å². The van der Waals surface area contributed by atoms with Crippen molar-refractivity contribution in [2.75, 3.05) is 6.79 Å². The Hall–Kier alpha value is -1.76. The van der Waals surface area contributed by atoms with E-state index < -0.39 is 6.04 Å². The molecule has 0 spiro atoms. The lowest BCUT2D eigenvalue weighted by molar-refractivity contribution is -0.120. The van der Waals surface area contributed by atoms with Gasteiger partial charge in [0, 0.05) is 0 Å². The minimum atomic E-state index is -0.624. The number of nitrogens with two attached hydrogens (primary N) is 1. The van der Waals surface area contributed by atoms with Gasteiger partial charge in [0.05, 0.1) is 4.47 Å². The summed E-state index contributed by atoms with van der Waals surface area (Å²) in [6, 6.07) is 2.89. The number of benzene rings is 1. The van der Waals surface area contributed by atoms with Crippen LogP contribution in [0.3, 0.4) is 0 Å². The summed E-state index contributed by atoms with van der Waals surface area (Å²) >= 11 is 3.36. The molecule has 0 aliphatic carbocycles. The van der Waals surface area contributed by atoms with Crippen molar-refractivity contribution >= 4 is 27.8 Å². The number of fused-ring (bicyclic) bond motifs is 1. The topological polar surface area (TPSA) is 85.9 Å². The molecule has 1 unspecified atom stereocenters. The molecule has 0 bridgehead atoms. The van der Waals surface area contributed by atoms with Crippen molar-refractivity contribution in [3.05, 3.63) is 22.2 Å². The van der Waals surface area contributed by atoms with E-state index in [1.807, 2.05) is 0 Å². The van der Waals surface area contributed by atoms with Gasteiger partial charge in [-0.25, -0.2) is 4.99 Å². The van der Waals surface area contributed by atoms with Gasteiger partial charge in [-0.3, -0.25) is 10.1 Å². The highest BCUT2D eigenvalue weighted by molar-refractivity contribution is 9.10. The van der Waals surface area contributed by atoms with Crippen molar-refractivity contribution in [1.29, 1.82) is 0 Å². The van der Waals surface area contributed by atoms with Gasteiger partial charge < -0.3 is 15.2 Å². The van der Waals surface area contributed by atoms with Gasteiger partial charge in [-0.1, -0.05) is 0 Å². The van der Waals surface area contributed by atoms with Crippen molar-refractivity contribution in [2.24, 2.45) is 10.7 Å². The van der Waals surface area contributed by atoms with E-state index in [1.165, 1.54) is 0 Å². The third-order valence-electron chi connectivity index (χ3n) is 2.53. The van der Waals surface area contributed by atoms with Gasteiger partial charge in [-0.2, -0.15) is 0 Å². The zero-order valence-corrected chi connectivity index (χ0v) is 10.2. The summed E-state index contributed by atoms with van der Waals surface area (Å²) in [7, 11) is 0. The smallest absolute Gasteiger partial charge is 0.256 e. The number of ether oxygens (including phenoxy) is 2. The SMILES string of the molecule is NC1=NC(c2cc(Br)c3c(c2)OCO3)C(=O)N1. The molecule has 7 heteroatoms. The molecule has 17 heavy (non-hydrogen) atoms. The molecule has 2 heterocycles. The van der Waals surface area contributed by atoms with E-state index in [9.17, 15) is 4.79 Å². The Kier molecular flexibility index (Phi) is 2.22. The van der Waals surface area contributed by atoms with E-state index in [0.717, 1.165) is 4.47 Å². The molecule has 0 aromatic heterocycles. The molecular formula is C10H8BrN3O3. The zero-order valence-electron chi connectivity index (χ0n) is 8.57. The quantitative estimate of drug-likeness (QED) is 0.797. The second-order valence-corrected chi connectivity index (χ2v) is 4.50. The highest BCUT2D eigenvalue weighted by Crippen LogP contribution is 2.41.